The topological polar surface area (TPSA) is 78.8 Å². The predicted molar refractivity (Wildman–Crippen MR) is 101 cm³/mol. The van der Waals surface area contributed by atoms with Gasteiger partial charge >= 0.3 is 0 Å². The minimum Gasteiger partial charge on any atom is -0.267 e. The first-order valence-electron chi connectivity index (χ1n) is 8.90. The molecule has 0 heterocycles. The number of carbonyl (C=O) groups excluding carboxylic acids is 1. The van der Waals surface area contributed by atoms with E-state index in [0.29, 0.717) is 5.92 Å². The van der Waals surface area contributed by atoms with Crippen molar-refractivity contribution in [2.45, 2.75) is 44.9 Å². The minimum atomic E-state index is -3.58. The lowest BCUT2D eigenvalue weighted by molar-refractivity contribution is 0.0953. The van der Waals surface area contributed by atoms with Crippen LogP contribution in [-0.2, 0) is 10.0 Å². The number of hydrogen-bond acceptors (Lipinski definition) is 4. The van der Waals surface area contributed by atoms with E-state index >= 15 is 0 Å². The van der Waals surface area contributed by atoms with Crippen molar-refractivity contribution in [3.63, 3.8) is 0 Å². The standard InChI is InChI=1S/C19H27N3O3S/c1-18(2)14-9-10-19(18,3)16(12-14)20-21-17(23)13-7-6-8-15(11-13)26(24,25)22(4)5/h6-8,11,14H,9-10,12H2,1-5H3,(H,21,23)/b20-16+. The highest BCUT2D eigenvalue weighted by Gasteiger charge is 2.60. The van der Waals surface area contributed by atoms with E-state index < -0.39 is 15.9 Å². The van der Waals surface area contributed by atoms with E-state index in [-0.39, 0.29) is 21.3 Å². The molecule has 2 aliphatic carbocycles. The summed E-state index contributed by atoms with van der Waals surface area (Å²) in [5.41, 5.74) is 4.17. The van der Waals surface area contributed by atoms with Gasteiger partial charge in [0.05, 0.1) is 4.90 Å². The lowest BCUT2D eigenvalue weighted by Crippen LogP contribution is -2.34. The number of sulfonamides is 1. The van der Waals surface area contributed by atoms with E-state index in [2.05, 4.69) is 31.3 Å². The van der Waals surface area contributed by atoms with Crippen molar-refractivity contribution in [3.05, 3.63) is 29.8 Å². The fourth-order valence-corrected chi connectivity index (χ4v) is 5.24. The quantitative estimate of drug-likeness (QED) is 0.820. The Morgan fingerprint density at radius 3 is 2.50 bits per heavy atom. The van der Waals surface area contributed by atoms with Crippen LogP contribution in [0.1, 0.15) is 50.4 Å². The van der Waals surface area contributed by atoms with Gasteiger partial charge in [0.2, 0.25) is 10.0 Å². The van der Waals surface area contributed by atoms with Crippen LogP contribution in [0, 0.1) is 16.7 Å². The molecule has 1 aromatic carbocycles. The predicted octanol–water partition coefficient (Wildman–Crippen LogP) is 2.87. The summed E-state index contributed by atoms with van der Waals surface area (Å²) in [7, 11) is -0.650. The van der Waals surface area contributed by atoms with Crippen molar-refractivity contribution >= 4 is 21.6 Å². The Bertz CT molecular complexity index is 874. The average Bonchev–Trinajstić information content (AvgIpc) is 2.92. The van der Waals surface area contributed by atoms with Crippen molar-refractivity contribution < 1.29 is 13.2 Å². The van der Waals surface area contributed by atoms with Gasteiger partial charge in [-0.15, -0.1) is 0 Å². The second kappa shape index (κ2) is 6.16. The molecule has 6 nitrogen and oxygen atoms in total. The molecule has 2 aliphatic rings. The maximum atomic E-state index is 12.5. The number of nitrogens with one attached hydrogen (secondary N) is 1. The minimum absolute atomic E-state index is 0.0149. The smallest absolute Gasteiger partial charge is 0.267 e. The van der Waals surface area contributed by atoms with E-state index in [1.54, 1.807) is 12.1 Å². The van der Waals surface area contributed by atoms with E-state index in [4.69, 9.17) is 0 Å². The van der Waals surface area contributed by atoms with Gasteiger partial charge in [-0.25, -0.2) is 18.1 Å². The van der Waals surface area contributed by atoms with Crippen molar-refractivity contribution in [1.82, 2.24) is 9.73 Å². The molecule has 1 aromatic rings. The van der Waals surface area contributed by atoms with Crippen molar-refractivity contribution in [2.24, 2.45) is 21.8 Å². The fraction of sp³-hybridized carbons (Fsp3) is 0.579. The van der Waals surface area contributed by atoms with Crippen molar-refractivity contribution in [3.8, 4) is 0 Å². The largest absolute Gasteiger partial charge is 0.271 e. The number of carbonyl (C=O) groups is 1. The van der Waals surface area contributed by atoms with Crippen LogP contribution >= 0.6 is 0 Å². The van der Waals surface area contributed by atoms with Crippen LogP contribution in [0.2, 0.25) is 0 Å². The molecule has 2 bridgehead atoms. The van der Waals surface area contributed by atoms with Gasteiger partial charge in [-0.2, -0.15) is 5.10 Å². The van der Waals surface area contributed by atoms with Gasteiger partial charge in [0.15, 0.2) is 0 Å². The molecular weight excluding hydrogens is 350 g/mol. The fourth-order valence-electron chi connectivity index (χ4n) is 4.29. The molecule has 1 amide bonds. The molecule has 7 heteroatoms. The Labute approximate surface area is 155 Å². The number of rotatable bonds is 4. The van der Waals surface area contributed by atoms with Crippen molar-refractivity contribution in [1.29, 1.82) is 0 Å². The van der Waals surface area contributed by atoms with Crippen molar-refractivity contribution in [2.75, 3.05) is 14.1 Å². The molecule has 142 valence electrons. The molecule has 0 radical (unpaired) electrons. The summed E-state index contributed by atoms with van der Waals surface area (Å²) in [5.74, 6) is 0.217. The number of fused-ring (bicyclic) bond motifs is 2. The Hall–Kier alpha value is -1.73. The number of amides is 1. The highest BCUT2D eigenvalue weighted by molar-refractivity contribution is 7.89. The van der Waals surface area contributed by atoms with E-state index in [9.17, 15) is 13.2 Å². The molecule has 0 spiro atoms. The summed E-state index contributed by atoms with van der Waals surface area (Å²) in [4.78, 5) is 12.6. The average molecular weight is 378 g/mol. The monoisotopic (exact) mass is 377 g/mol. The maximum Gasteiger partial charge on any atom is 0.271 e. The zero-order chi connectivity index (χ0) is 19.3. The third kappa shape index (κ3) is 2.77. The van der Waals surface area contributed by atoms with E-state index in [1.165, 1.54) is 32.6 Å². The first-order valence-corrected chi connectivity index (χ1v) is 10.3. The Morgan fingerprint density at radius 1 is 1.27 bits per heavy atom. The molecule has 2 unspecified atom stereocenters. The highest BCUT2D eigenvalue weighted by atomic mass is 32.2. The number of hydrogen-bond donors (Lipinski definition) is 1. The zero-order valence-corrected chi connectivity index (χ0v) is 16.9. The Kier molecular flexibility index (Phi) is 4.51. The molecule has 0 aromatic heterocycles. The summed E-state index contributed by atoms with van der Waals surface area (Å²) in [6, 6.07) is 6.03. The van der Waals surface area contributed by atoms with Crippen LogP contribution in [0.3, 0.4) is 0 Å². The van der Waals surface area contributed by atoms with Crippen LogP contribution in [0.5, 0.6) is 0 Å². The Balaban J connectivity index is 1.80. The lowest BCUT2D eigenvalue weighted by Gasteiger charge is -2.34. The summed E-state index contributed by atoms with van der Waals surface area (Å²) in [6.45, 7) is 6.80. The van der Waals surface area contributed by atoms with Crippen LogP contribution in [0.25, 0.3) is 0 Å². The molecule has 1 N–H and O–H groups in total. The highest BCUT2D eigenvalue weighted by Crippen LogP contribution is 2.63. The van der Waals surface area contributed by atoms with Crippen LogP contribution in [0.15, 0.2) is 34.3 Å². The van der Waals surface area contributed by atoms with Gasteiger partial charge in [-0.3, -0.25) is 4.79 Å². The first-order chi connectivity index (χ1) is 12.0. The van der Waals surface area contributed by atoms with Gasteiger partial charge in [0.1, 0.15) is 0 Å². The van der Waals surface area contributed by atoms with E-state index in [1.807, 2.05) is 0 Å². The molecule has 2 saturated carbocycles. The third-order valence-corrected chi connectivity index (χ3v) is 8.49. The lowest BCUT2D eigenvalue weighted by atomic mass is 9.70. The van der Waals surface area contributed by atoms with Crippen LogP contribution in [0.4, 0.5) is 0 Å². The van der Waals surface area contributed by atoms with Gasteiger partial charge in [-0.05, 0) is 48.8 Å². The molecule has 2 atom stereocenters. The number of hydrazone groups is 1. The molecule has 3 rings (SSSR count). The molecule has 0 aliphatic heterocycles. The summed E-state index contributed by atoms with van der Waals surface area (Å²) >= 11 is 0. The molecule has 26 heavy (non-hydrogen) atoms. The SMILES string of the molecule is CN(C)S(=O)(=O)c1cccc(C(=O)N/N=C2\CC3CCC2(C)C3(C)C)c1. The molecular formula is C19H27N3O3S. The number of nitrogens with zero attached hydrogens (tertiary/aromatic N) is 2. The van der Waals surface area contributed by atoms with Crippen LogP contribution < -0.4 is 5.43 Å². The maximum absolute atomic E-state index is 12.5. The van der Waals surface area contributed by atoms with E-state index in [0.717, 1.165) is 22.9 Å². The summed E-state index contributed by atoms with van der Waals surface area (Å²) < 4.78 is 25.6. The second-order valence-corrected chi connectivity index (χ2v) is 10.5. The molecule has 0 saturated heterocycles. The Morgan fingerprint density at radius 2 is 1.96 bits per heavy atom. The van der Waals surface area contributed by atoms with Gasteiger partial charge in [0, 0.05) is 30.8 Å². The summed E-state index contributed by atoms with van der Waals surface area (Å²) in [5, 5.41) is 4.43. The number of benzene rings is 1. The van der Waals surface area contributed by atoms with Gasteiger partial charge in [0.25, 0.3) is 5.91 Å². The first kappa shape index (κ1) is 19.0. The van der Waals surface area contributed by atoms with Crippen LogP contribution in [-0.4, -0.2) is 38.4 Å². The van der Waals surface area contributed by atoms with Gasteiger partial charge < -0.3 is 0 Å². The second-order valence-electron chi connectivity index (χ2n) is 8.31. The third-order valence-electron chi connectivity index (χ3n) is 6.68. The normalized spacial score (nSPS) is 28.7. The molecule has 2 fully saturated rings. The zero-order valence-electron chi connectivity index (χ0n) is 16.0. The summed E-state index contributed by atoms with van der Waals surface area (Å²) in [6.07, 6.45) is 3.22. The van der Waals surface area contributed by atoms with Gasteiger partial charge in [-0.1, -0.05) is 26.8 Å².